The third-order valence-corrected chi connectivity index (χ3v) is 2.70. The molecular formula is C14H18FN3O. The van der Waals surface area contributed by atoms with Gasteiger partial charge >= 0.3 is 0 Å². The van der Waals surface area contributed by atoms with Crippen molar-refractivity contribution in [2.75, 3.05) is 13.1 Å². The van der Waals surface area contributed by atoms with Gasteiger partial charge in [0.25, 0.3) is 0 Å². The Labute approximate surface area is 112 Å². The number of aromatic nitrogens is 2. The Kier molecular flexibility index (Phi) is 5.03. The molecule has 0 fully saturated rings. The van der Waals surface area contributed by atoms with Gasteiger partial charge in [-0.15, -0.1) is 10.2 Å². The van der Waals surface area contributed by atoms with Crippen molar-refractivity contribution in [1.29, 1.82) is 0 Å². The molecule has 2 rings (SSSR count). The molecule has 0 saturated carbocycles. The summed E-state index contributed by atoms with van der Waals surface area (Å²) in [6.07, 6.45) is 2.29. The van der Waals surface area contributed by atoms with Crippen LogP contribution in [0.1, 0.15) is 30.7 Å². The van der Waals surface area contributed by atoms with Crippen molar-refractivity contribution in [3.8, 4) is 0 Å². The van der Waals surface area contributed by atoms with Crippen LogP contribution in [0.25, 0.3) is 0 Å². The predicted molar refractivity (Wildman–Crippen MR) is 70.4 cm³/mol. The van der Waals surface area contributed by atoms with Gasteiger partial charge in [0.2, 0.25) is 11.8 Å². The maximum absolute atomic E-state index is 13.0. The lowest BCUT2D eigenvalue weighted by molar-refractivity contribution is 0.451. The van der Waals surface area contributed by atoms with Gasteiger partial charge in [-0.3, -0.25) is 0 Å². The van der Waals surface area contributed by atoms with E-state index in [1.54, 1.807) is 6.07 Å². The average molecular weight is 263 g/mol. The van der Waals surface area contributed by atoms with Gasteiger partial charge in [0.1, 0.15) is 5.82 Å². The van der Waals surface area contributed by atoms with Crippen LogP contribution < -0.4 is 5.32 Å². The third kappa shape index (κ3) is 4.44. The second-order valence-corrected chi connectivity index (χ2v) is 4.40. The lowest BCUT2D eigenvalue weighted by atomic mass is 10.1. The van der Waals surface area contributed by atoms with Gasteiger partial charge in [-0.25, -0.2) is 4.39 Å². The van der Waals surface area contributed by atoms with E-state index in [0.717, 1.165) is 31.5 Å². The number of nitrogens with zero attached hydrogens (tertiary/aromatic N) is 2. The molecule has 1 aromatic carbocycles. The Morgan fingerprint density at radius 1 is 1.21 bits per heavy atom. The van der Waals surface area contributed by atoms with E-state index < -0.39 is 0 Å². The summed E-state index contributed by atoms with van der Waals surface area (Å²) in [6.45, 7) is 3.94. The molecule has 0 aliphatic carbocycles. The summed E-state index contributed by atoms with van der Waals surface area (Å²) in [5.74, 6) is 0.895. The minimum absolute atomic E-state index is 0.249. The van der Waals surface area contributed by atoms with Crippen LogP contribution in [0.3, 0.4) is 0 Å². The molecule has 1 heterocycles. The van der Waals surface area contributed by atoms with Crippen molar-refractivity contribution in [3.05, 3.63) is 47.4 Å². The first-order valence-corrected chi connectivity index (χ1v) is 6.54. The maximum Gasteiger partial charge on any atom is 0.220 e. The van der Waals surface area contributed by atoms with Gasteiger partial charge in [-0.1, -0.05) is 19.1 Å². The molecule has 0 spiro atoms. The smallest absolute Gasteiger partial charge is 0.220 e. The zero-order chi connectivity index (χ0) is 13.5. The lowest BCUT2D eigenvalue weighted by Crippen LogP contribution is -2.17. The molecule has 0 saturated heterocycles. The Morgan fingerprint density at radius 2 is 2.05 bits per heavy atom. The standard InChI is InChI=1S/C14H18FN3O/c1-2-7-16-8-6-13-17-18-14(19-13)10-11-4-3-5-12(15)9-11/h3-5,9,16H,2,6-8,10H2,1H3. The second kappa shape index (κ2) is 6.99. The third-order valence-electron chi connectivity index (χ3n) is 2.70. The van der Waals surface area contributed by atoms with E-state index in [4.69, 9.17) is 4.42 Å². The van der Waals surface area contributed by atoms with Crippen LogP contribution in [0.4, 0.5) is 4.39 Å². The van der Waals surface area contributed by atoms with E-state index in [1.165, 1.54) is 12.1 Å². The van der Waals surface area contributed by atoms with Gasteiger partial charge in [-0.2, -0.15) is 0 Å². The molecule has 2 aromatic rings. The first-order chi connectivity index (χ1) is 9.28. The highest BCUT2D eigenvalue weighted by Gasteiger charge is 2.07. The number of hydrogen-bond acceptors (Lipinski definition) is 4. The van der Waals surface area contributed by atoms with Gasteiger partial charge in [-0.05, 0) is 30.7 Å². The zero-order valence-electron chi connectivity index (χ0n) is 11.0. The molecule has 0 aliphatic rings. The molecule has 1 aromatic heterocycles. The number of halogens is 1. The van der Waals surface area contributed by atoms with Crippen LogP contribution in [-0.4, -0.2) is 23.3 Å². The Hall–Kier alpha value is -1.75. The molecule has 0 aliphatic heterocycles. The molecule has 0 radical (unpaired) electrons. The lowest BCUT2D eigenvalue weighted by Gasteiger charge is -1.99. The molecule has 0 bridgehead atoms. The topological polar surface area (TPSA) is 51.0 Å². The van der Waals surface area contributed by atoms with Gasteiger partial charge in [0.15, 0.2) is 0 Å². The van der Waals surface area contributed by atoms with Crippen molar-refractivity contribution in [2.45, 2.75) is 26.2 Å². The van der Waals surface area contributed by atoms with E-state index in [0.29, 0.717) is 18.2 Å². The SMILES string of the molecule is CCCNCCc1nnc(Cc2cccc(F)c2)o1. The van der Waals surface area contributed by atoms with Crippen LogP contribution in [-0.2, 0) is 12.8 Å². The average Bonchev–Trinajstić information content (AvgIpc) is 2.82. The fraction of sp³-hybridized carbons (Fsp3) is 0.429. The summed E-state index contributed by atoms with van der Waals surface area (Å²) in [6, 6.07) is 6.42. The van der Waals surface area contributed by atoms with Crippen molar-refractivity contribution in [1.82, 2.24) is 15.5 Å². The fourth-order valence-electron chi connectivity index (χ4n) is 1.78. The number of nitrogens with one attached hydrogen (secondary N) is 1. The maximum atomic E-state index is 13.0. The number of hydrogen-bond donors (Lipinski definition) is 1. The normalized spacial score (nSPS) is 10.8. The monoisotopic (exact) mass is 263 g/mol. The van der Waals surface area contributed by atoms with Gasteiger partial charge in [0.05, 0.1) is 6.42 Å². The predicted octanol–water partition coefficient (Wildman–Crippen LogP) is 2.34. The molecule has 0 unspecified atom stereocenters. The van der Waals surface area contributed by atoms with E-state index in [1.807, 2.05) is 6.07 Å². The summed E-state index contributed by atoms with van der Waals surface area (Å²) < 4.78 is 18.6. The zero-order valence-corrected chi connectivity index (χ0v) is 11.0. The van der Waals surface area contributed by atoms with Crippen LogP contribution in [0, 0.1) is 5.82 Å². The van der Waals surface area contributed by atoms with Gasteiger partial charge < -0.3 is 9.73 Å². The molecular weight excluding hydrogens is 245 g/mol. The van der Waals surface area contributed by atoms with E-state index in [2.05, 4.69) is 22.4 Å². The minimum atomic E-state index is -0.249. The minimum Gasteiger partial charge on any atom is -0.425 e. The quantitative estimate of drug-likeness (QED) is 0.779. The van der Waals surface area contributed by atoms with Crippen molar-refractivity contribution < 1.29 is 8.81 Å². The highest BCUT2D eigenvalue weighted by Crippen LogP contribution is 2.10. The van der Waals surface area contributed by atoms with Crippen molar-refractivity contribution >= 4 is 0 Å². The largest absolute Gasteiger partial charge is 0.425 e. The van der Waals surface area contributed by atoms with Crippen LogP contribution in [0.5, 0.6) is 0 Å². The molecule has 5 heteroatoms. The Balaban J connectivity index is 1.87. The highest BCUT2D eigenvalue weighted by molar-refractivity contribution is 5.19. The molecule has 1 N–H and O–H groups in total. The summed E-state index contributed by atoms with van der Waals surface area (Å²) in [4.78, 5) is 0. The highest BCUT2D eigenvalue weighted by atomic mass is 19.1. The first-order valence-electron chi connectivity index (χ1n) is 6.54. The van der Waals surface area contributed by atoms with Crippen molar-refractivity contribution in [3.63, 3.8) is 0 Å². The summed E-state index contributed by atoms with van der Waals surface area (Å²) in [5.41, 5.74) is 0.833. The number of rotatable bonds is 7. The summed E-state index contributed by atoms with van der Waals surface area (Å²) >= 11 is 0. The second-order valence-electron chi connectivity index (χ2n) is 4.40. The van der Waals surface area contributed by atoms with Crippen LogP contribution in [0.15, 0.2) is 28.7 Å². The molecule has 102 valence electrons. The molecule has 19 heavy (non-hydrogen) atoms. The molecule has 0 amide bonds. The number of benzene rings is 1. The van der Waals surface area contributed by atoms with E-state index in [9.17, 15) is 4.39 Å². The van der Waals surface area contributed by atoms with E-state index in [-0.39, 0.29) is 5.82 Å². The fourth-order valence-corrected chi connectivity index (χ4v) is 1.78. The molecule has 0 atom stereocenters. The summed E-state index contributed by atoms with van der Waals surface area (Å²) in [5, 5.41) is 11.2. The first kappa shape index (κ1) is 13.7. The van der Waals surface area contributed by atoms with Crippen LogP contribution >= 0.6 is 0 Å². The Morgan fingerprint density at radius 3 is 2.84 bits per heavy atom. The molecule has 4 nitrogen and oxygen atoms in total. The van der Waals surface area contributed by atoms with Crippen LogP contribution in [0.2, 0.25) is 0 Å². The van der Waals surface area contributed by atoms with Crippen molar-refractivity contribution in [2.24, 2.45) is 0 Å². The van der Waals surface area contributed by atoms with E-state index >= 15 is 0 Å². The Bertz CT molecular complexity index is 513. The summed E-state index contributed by atoms with van der Waals surface area (Å²) in [7, 11) is 0. The van der Waals surface area contributed by atoms with Gasteiger partial charge in [0, 0.05) is 13.0 Å².